The molecule has 0 radical (unpaired) electrons. The summed E-state index contributed by atoms with van der Waals surface area (Å²) in [5.74, 6) is -3.47. The van der Waals surface area contributed by atoms with Crippen LogP contribution < -0.4 is 10.5 Å². The fraction of sp³-hybridized carbons (Fsp3) is 0.125. The second kappa shape index (κ2) is 5.68. The average Bonchev–Trinajstić information content (AvgIpc) is 2.88. The number of aryl methyl sites for hydroxylation is 1. The summed E-state index contributed by atoms with van der Waals surface area (Å²) in [5.41, 5.74) is 6.37. The van der Waals surface area contributed by atoms with Crippen LogP contribution in [0.2, 0.25) is 0 Å². The van der Waals surface area contributed by atoms with E-state index in [0.717, 1.165) is 17.7 Å². The monoisotopic (exact) mass is 318 g/mol. The molecule has 0 aliphatic heterocycles. The molecule has 0 aliphatic rings. The number of amides is 1. The van der Waals surface area contributed by atoms with Crippen molar-refractivity contribution in [3.05, 3.63) is 59.0 Å². The zero-order chi connectivity index (χ0) is 16.6. The predicted octanol–water partition coefficient (Wildman–Crippen LogP) is 3.09. The zero-order valence-electron chi connectivity index (χ0n) is 12.1. The SMILES string of the molecule is Cc1ccc2oc(COc3ccc(F)c(C(N)=O)c3F)nc2c1. The van der Waals surface area contributed by atoms with E-state index in [1.807, 2.05) is 19.1 Å². The van der Waals surface area contributed by atoms with Gasteiger partial charge in [-0.05, 0) is 36.8 Å². The van der Waals surface area contributed by atoms with E-state index in [0.29, 0.717) is 11.1 Å². The normalized spacial score (nSPS) is 10.9. The minimum atomic E-state index is -1.21. The van der Waals surface area contributed by atoms with Gasteiger partial charge in [-0.1, -0.05) is 6.07 Å². The van der Waals surface area contributed by atoms with Crippen LogP contribution in [0, 0.1) is 18.6 Å². The van der Waals surface area contributed by atoms with E-state index < -0.39 is 23.1 Å². The molecular weight excluding hydrogens is 306 g/mol. The highest BCUT2D eigenvalue weighted by Crippen LogP contribution is 2.24. The molecule has 0 fully saturated rings. The second-order valence-corrected chi connectivity index (χ2v) is 4.97. The molecule has 0 unspecified atom stereocenters. The van der Waals surface area contributed by atoms with Gasteiger partial charge >= 0.3 is 0 Å². The molecule has 3 rings (SSSR count). The minimum absolute atomic E-state index is 0.172. The van der Waals surface area contributed by atoms with Crippen LogP contribution in [0.1, 0.15) is 21.8 Å². The first kappa shape index (κ1) is 15.0. The highest BCUT2D eigenvalue weighted by atomic mass is 19.1. The third-order valence-corrected chi connectivity index (χ3v) is 3.24. The topological polar surface area (TPSA) is 78.4 Å². The van der Waals surface area contributed by atoms with Gasteiger partial charge in [0.25, 0.3) is 5.91 Å². The van der Waals surface area contributed by atoms with Gasteiger partial charge in [-0.15, -0.1) is 0 Å². The van der Waals surface area contributed by atoms with Gasteiger partial charge < -0.3 is 14.9 Å². The number of hydrogen-bond acceptors (Lipinski definition) is 4. The van der Waals surface area contributed by atoms with E-state index in [1.165, 1.54) is 0 Å². The molecule has 1 amide bonds. The smallest absolute Gasteiger partial charge is 0.254 e. The molecule has 118 valence electrons. The van der Waals surface area contributed by atoms with E-state index in [4.69, 9.17) is 14.9 Å². The number of benzene rings is 2. The Kier molecular flexibility index (Phi) is 3.69. The summed E-state index contributed by atoms with van der Waals surface area (Å²) in [7, 11) is 0. The maximum absolute atomic E-state index is 14.0. The number of oxazole rings is 1. The van der Waals surface area contributed by atoms with Crippen molar-refractivity contribution < 1.29 is 22.7 Å². The van der Waals surface area contributed by atoms with E-state index >= 15 is 0 Å². The number of fused-ring (bicyclic) bond motifs is 1. The average molecular weight is 318 g/mol. The molecule has 2 aromatic carbocycles. The quantitative estimate of drug-likeness (QED) is 0.802. The van der Waals surface area contributed by atoms with Crippen molar-refractivity contribution in [3.63, 3.8) is 0 Å². The van der Waals surface area contributed by atoms with Crippen LogP contribution in [0.5, 0.6) is 5.75 Å². The minimum Gasteiger partial charge on any atom is -0.481 e. The summed E-state index contributed by atoms with van der Waals surface area (Å²) in [6.45, 7) is 1.75. The standard InChI is InChI=1S/C16H12F2N2O3/c1-8-2-4-11-10(6-8)20-13(23-11)7-22-12-5-3-9(17)14(15(12)18)16(19)21/h2-6H,7H2,1H3,(H2,19,21). The molecule has 0 bridgehead atoms. The maximum Gasteiger partial charge on any atom is 0.254 e. The third-order valence-electron chi connectivity index (χ3n) is 3.24. The van der Waals surface area contributed by atoms with Crippen LogP contribution in [-0.4, -0.2) is 10.9 Å². The highest BCUT2D eigenvalue weighted by Gasteiger charge is 2.19. The van der Waals surface area contributed by atoms with Crippen molar-refractivity contribution in [2.24, 2.45) is 5.73 Å². The molecule has 1 heterocycles. The van der Waals surface area contributed by atoms with Gasteiger partial charge in [-0.2, -0.15) is 0 Å². The van der Waals surface area contributed by atoms with Crippen LogP contribution >= 0.6 is 0 Å². The first-order chi connectivity index (χ1) is 11.0. The molecule has 23 heavy (non-hydrogen) atoms. The van der Waals surface area contributed by atoms with Gasteiger partial charge in [0, 0.05) is 0 Å². The number of carbonyl (C=O) groups is 1. The number of ether oxygens (including phenoxy) is 1. The summed E-state index contributed by atoms with van der Waals surface area (Å²) in [6.07, 6.45) is 0. The Bertz CT molecular complexity index is 906. The predicted molar refractivity (Wildman–Crippen MR) is 78.0 cm³/mol. The number of carbonyl (C=O) groups excluding carboxylic acids is 1. The van der Waals surface area contributed by atoms with Crippen LogP contribution in [0.4, 0.5) is 8.78 Å². The molecule has 0 atom stereocenters. The van der Waals surface area contributed by atoms with Gasteiger partial charge in [-0.25, -0.2) is 13.8 Å². The number of nitrogens with zero attached hydrogens (tertiary/aromatic N) is 1. The summed E-state index contributed by atoms with van der Waals surface area (Å²) in [6, 6.07) is 7.46. The maximum atomic E-state index is 14.0. The van der Waals surface area contributed by atoms with Gasteiger partial charge in [0.2, 0.25) is 5.89 Å². The lowest BCUT2D eigenvalue weighted by Crippen LogP contribution is -2.16. The van der Waals surface area contributed by atoms with Gasteiger partial charge in [-0.3, -0.25) is 4.79 Å². The number of nitrogens with two attached hydrogens (primary N) is 1. The molecule has 5 nitrogen and oxygen atoms in total. The van der Waals surface area contributed by atoms with Crippen molar-refractivity contribution in [2.45, 2.75) is 13.5 Å². The molecule has 0 spiro atoms. The molecular formula is C16H12F2N2O3. The van der Waals surface area contributed by atoms with Crippen molar-refractivity contribution >= 4 is 17.0 Å². The van der Waals surface area contributed by atoms with E-state index in [-0.39, 0.29) is 18.2 Å². The number of halogens is 2. The largest absolute Gasteiger partial charge is 0.481 e. The van der Waals surface area contributed by atoms with Crippen LogP contribution in [0.15, 0.2) is 34.7 Å². The van der Waals surface area contributed by atoms with Gasteiger partial charge in [0.05, 0.1) is 0 Å². The Labute approximate surface area is 129 Å². The molecule has 0 aliphatic carbocycles. The molecule has 1 aromatic heterocycles. The Morgan fingerprint density at radius 1 is 1.30 bits per heavy atom. The number of aromatic nitrogens is 1. The lowest BCUT2D eigenvalue weighted by Gasteiger charge is -2.07. The Hall–Kier alpha value is -2.96. The fourth-order valence-corrected chi connectivity index (χ4v) is 2.16. The molecule has 3 aromatic rings. The van der Waals surface area contributed by atoms with Crippen LogP contribution in [-0.2, 0) is 6.61 Å². The first-order valence-corrected chi connectivity index (χ1v) is 6.72. The molecule has 2 N–H and O–H groups in total. The zero-order valence-corrected chi connectivity index (χ0v) is 12.1. The Morgan fingerprint density at radius 3 is 2.83 bits per heavy atom. The Morgan fingerprint density at radius 2 is 2.09 bits per heavy atom. The van der Waals surface area contributed by atoms with Crippen LogP contribution in [0.3, 0.4) is 0 Å². The fourth-order valence-electron chi connectivity index (χ4n) is 2.16. The van der Waals surface area contributed by atoms with Gasteiger partial charge in [0.15, 0.2) is 23.8 Å². The van der Waals surface area contributed by atoms with Crippen molar-refractivity contribution in [1.29, 1.82) is 0 Å². The molecule has 7 heteroatoms. The number of hydrogen-bond donors (Lipinski definition) is 1. The second-order valence-electron chi connectivity index (χ2n) is 4.97. The van der Waals surface area contributed by atoms with E-state index in [2.05, 4.69) is 4.98 Å². The molecule has 0 saturated carbocycles. The summed E-state index contributed by atoms with van der Waals surface area (Å²) < 4.78 is 38.1. The summed E-state index contributed by atoms with van der Waals surface area (Å²) in [5, 5.41) is 0. The summed E-state index contributed by atoms with van der Waals surface area (Å²) in [4.78, 5) is 15.3. The Balaban J connectivity index is 1.85. The lowest BCUT2D eigenvalue weighted by molar-refractivity contribution is 0.0991. The third kappa shape index (κ3) is 2.85. The highest BCUT2D eigenvalue weighted by molar-refractivity contribution is 5.93. The summed E-state index contributed by atoms with van der Waals surface area (Å²) >= 11 is 0. The molecule has 0 saturated heterocycles. The number of primary amides is 1. The first-order valence-electron chi connectivity index (χ1n) is 6.72. The van der Waals surface area contributed by atoms with Crippen molar-refractivity contribution in [2.75, 3.05) is 0 Å². The van der Waals surface area contributed by atoms with Crippen molar-refractivity contribution in [1.82, 2.24) is 4.98 Å². The van der Waals surface area contributed by atoms with Crippen molar-refractivity contribution in [3.8, 4) is 5.75 Å². The van der Waals surface area contributed by atoms with Gasteiger partial charge in [0.1, 0.15) is 16.9 Å². The number of rotatable bonds is 4. The van der Waals surface area contributed by atoms with Crippen LogP contribution in [0.25, 0.3) is 11.1 Å². The lowest BCUT2D eigenvalue weighted by atomic mass is 10.1. The van der Waals surface area contributed by atoms with E-state index in [1.54, 1.807) is 6.07 Å². The van der Waals surface area contributed by atoms with E-state index in [9.17, 15) is 13.6 Å².